The smallest absolute Gasteiger partial charge is 0.267 e. The number of hydrogen-bond acceptors (Lipinski definition) is 3. The molecule has 2 aromatic heterocycles. The van der Waals surface area contributed by atoms with E-state index in [1.807, 2.05) is 19.9 Å². The van der Waals surface area contributed by atoms with E-state index < -0.39 is 0 Å². The zero-order valence-corrected chi connectivity index (χ0v) is 11.2. The summed E-state index contributed by atoms with van der Waals surface area (Å²) in [6, 6.07) is 3.78. The van der Waals surface area contributed by atoms with E-state index in [0.717, 1.165) is 21.4 Å². The molecule has 17 heavy (non-hydrogen) atoms. The highest BCUT2D eigenvalue weighted by Crippen LogP contribution is 2.15. The summed E-state index contributed by atoms with van der Waals surface area (Å²) in [6.07, 6.45) is 2.27. The highest BCUT2D eigenvalue weighted by atomic mass is 79.9. The quantitative estimate of drug-likeness (QED) is 0.923. The van der Waals surface area contributed by atoms with Crippen LogP contribution in [0.3, 0.4) is 0 Å². The van der Waals surface area contributed by atoms with Gasteiger partial charge in [-0.25, -0.2) is 5.10 Å². The molecule has 4 nitrogen and oxygen atoms in total. The predicted octanol–water partition coefficient (Wildman–Crippen LogP) is 2.14. The maximum absolute atomic E-state index is 11.6. The standard InChI is InChI=1S/C12H12BrN3O/c1-7-3-10(13)6-14-11(7)5-9-4-8(2)15-16-12(9)17/h3-4,6H,5H2,1-2H3,(H,16,17). The van der Waals surface area contributed by atoms with Gasteiger partial charge >= 0.3 is 0 Å². The van der Waals surface area contributed by atoms with Gasteiger partial charge in [-0.3, -0.25) is 9.78 Å². The second-order valence-electron chi connectivity index (χ2n) is 3.96. The van der Waals surface area contributed by atoms with Crippen molar-refractivity contribution in [1.82, 2.24) is 15.2 Å². The van der Waals surface area contributed by atoms with Crippen molar-refractivity contribution in [2.45, 2.75) is 20.3 Å². The molecule has 0 aliphatic heterocycles. The molecule has 2 heterocycles. The molecular formula is C12H12BrN3O. The number of halogens is 1. The van der Waals surface area contributed by atoms with Crippen LogP contribution in [0.4, 0.5) is 0 Å². The Morgan fingerprint density at radius 1 is 1.35 bits per heavy atom. The molecule has 0 saturated heterocycles. The Hall–Kier alpha value is -1.49. The molecule has 0 aliphatic carbocycles. The number of nitrogens with one attached hydrogen (secondary N) is 1. The normalized spacial score (nSPS) is 10.5. The van der Waals surface area contributed by atoms with Crippen LogP contribution in [0.5, 0.6) is 0 Å². The van der Waals surface area contributed by atoms with Gasteiger partial charge in [0, 0.05) is 28.3 Å². The zero-order valence-electron chi connectivity index (χ0n) is 9.62. The third-order valence-corrected chi connectivity index (χ3v) is 2.95. The molecule has 0 amide bonds. The lowest BCUT2D eigenvalue weighted by Gasteiger charge is -2.05. The Labute approximate surface area is 107 Å². The fourth-order valence-electron chi connectivity index (χ4n) is 1.63. The highest BCUT2D eigenvalue weighted by molar-refractivity contribution is 9.10. The number of rotatable bonds is 2. The number of nitrogens with zero attached hydrogens (tertiary/aromatic N) is 2. The predicted molar refractivity (Wildman–Crippen MR) is 69.1 cm³/mol. The molecule has 2 rings (SSSR count). The summed E-state index contributed by atoms with van der Waals surface area (Å²) in [7, 11) is 0. The lowest BCUT2D eigenvalue weighted by molar-refractivity contribution is 0.901. The summed E-state index contributed by atoms with van der Waals surface area (Å²) < 4.78 is 0.943. The van der Waals surface area contributed by atoms with E-state index in [0.29, 0.717) is 12.0 Å². The SMILES string of the molecule is Cc1cc(Cc2ncc(Br)cc2C)c(=O)[nH]n1. The summed E-state index contributed by atoms with van der Waals surface area (Å²) in [5, 5.41) is 6.33. The second-order valence-corrected chi connectivity index (χ2v) is 4.87. The Bertz CT molecular complexity index is 607. The van der Waals surface area contributed by atoms with Crippen LogP contribution in [0.1, 0.15) is 22.5 Å². The minimum atomic E-state index is -0.153. The molecule has 0 radical (unpaired) electrons. The van der Waals surface area contributed by atoms with Gasteiger partial charge in [0.25, 0.3) is 5.56 Å². The summed E-state index contributed by atoms with van der Waals surface area (Å²) in [5.41, 5.74) is 3.31. The Kier molecular flexibility index (Phi) is 3.38. The zero-order chi connectivity index (χ0) is 12.4. The molecule has 0 atom stereocenters. The number of hydrogen-bond donors (Lipinski definition) is 1. The van der Waals surface area contributed by atoms with Gasteiger partial charge in [-0.2, -0.15) is 5.10 Å². The van der Waals surface area contributed by atoms with Crippen molar-refractivity contribution in [3.05, 3.63) is 55.7 Å². The third kappa shape index (κ3) is 2.79. The molecule has 0 unspecified atom stereocenters. The first-order valence-corrected chi connectivity index (χ1v) is 6.02. The molecule has 2 aromatic rings. The van der Waals surface area contributed by atoms with Crippen molar-refractivity contribution in [2.75, 3.05) is 0 Å². The van der Waals surface area contributed by atoms with E-state index in [-0.39, 0.29) is 5.56 Å². The summed E-state index contributed by atoms with van der Waals surface area (Å²) in [6.45, 7) is 3.83. The molecule has 1 N–H and O–H groups in total. The number of H-pyrrole nitrogens is 1. The van der Waals surface area contributed by atoms with E-state index in [4.69, 9.17) is 0 Å². The van der Waals surface area contributed by atoms with Crippen LogP contribution in [0.25, 0.3) is 0 Å². The number of pyridine rings is 1. The van der Waals surface area contributed by atoms with E-state index in [1.165, 1.54) is 0 Å². The first kappa shape index (κ1) is 12.0. The summed E-state index contributed by atoms with van der Waals surface area (Å²) in [4.78, 5) is 15.9. The lowest BCUT2D eigenvalue weighted by Crippen LogP contribution is -2.15. The first-order chi connectivity index (χ1) is 8.06. The van der Waals surface area contributed by atoms with Gasteiger partial charge in [-0.05, 0) is 47.5 Å². The number of aromatic nitrogens is 3. The number of aromatic amines is 1. The molecule has 0 saturated carbocycles. The van der Waals surface area contributed by atoms with Crippen molar-refractivity contribution in [3.8, 4) is 0 Å². The monoisotopic (exact) mass is 293 g/mol. The largest absolute Gasteiger partial charge is 0.268 e. The van der Waals surface area contributed by atoms with Crippen LogP contribution in [-0.4, -0.2) is 15.2 Å². The average Bonchev–Trinajstić information content (AvgIpc) is 2.27. The van der Waals surface area contributed by atoms with Gasteiger partial charge in [0.15, 0.2) is 0 Å². The second kappa shape index (κ2) is 4.79. The van der Waals surface area contributed by atoms with Crippen LogP contribution in [0.15, 0.2) is 27.6 Å². The molecule has 88 valence electrons. The number of aryl methyl sites for hydroxylation is 2. The fourth-order valence-corrected chi connectivity index (χ4v) is 2.07. The van der Waals surface area contributed by atoms with Crippen molar-refractivity contribution < 1.29 is 0 Å². The van der Waals surface area contributed by atoms with Gasteiger partial charge in [-0.1, -0.05) is 0 Å². The molecule has 0 bridgehead atoms. The third-order valence-electron chi connectivity index (χ3n) is 2.52. The molecular weight excluding hydrogens is 282 g/mol. The van der Waals surface area contributed by atoms with Gasteiger partial charge in [0.2, 0.25) is 0 Å². The van der Waals surface area contributed by atoms with Gasteiger partial charge in [0.1, 0.15) is 0 Å². The molecule has 0 spiro atoms. The Morgan fingerprint density at radius 2 is 2.12 bits per heavy atom. The minimum Gasteiger partial charge on any atom is -0.268 e. The fraction of sp³-hybridized carbons (Fsp3) is 0.250. The van der Waals surface area contributed by atoms with Crippen LogP contribution in [0, 0.1) is 13.8 Å². The Balaban J connectivity index is 2.38. The minimum absolute atomic E-state index is 0.153. The first-order valence-electron chi connectivity index (χ1n) is 5.22. The van der Waals surface area contributed by atoms with Crippen LogP contribution >= 0.6 is 15.9 Å². The maximum atomic E-state index is 11.6. The van der Waals surface area contributed by atoms with Crippen molar-refractivity contribution in [1.29, 1.82) is 0 Å². The van der Waals surface area contributed by atoms with Gasteiger partial charge in [-0.15, -0.1) is 0 Å². The molecule has 0 aliphatic rings. The summed E-state index contributed by atoms with van der Waals surface area (Å²) in [5.74, 6) is 0. The molecule has 0 fully saturated rings. The van der Waals surface area contributed by atoms with Crippen LogP contribution < -0.4 is 5.56 Å². The van der Waals surface area contributed by atoms with Gasteiger partial charge < -0.3 is 0 Å². The average molecular weight is 294 g/mol. The van der Waals surface area contributed by atoms with Crippen molar-refractivity contribution in [2.24, 2.45) is 0 Å². The van der Waals surface area contributed by atoms with Crippen LogP contribution in [-0.2, 0) is 6.42 Å². The Morgan fingerprint density at radius 3 is 2.82 bits per heavy atom. The van der Waals surface area contributed by atoms with Gasteiger partial charge in [0.05, 0.1) is 5.69 Å². The summed E-state index contributed by atoms with van der Waals surface area (Å²) >= 11 is 3.37. The maximum Gasteiger partial charge on any atom is 0.267 e. The molecule has 5 heteroatoms. The topological polar surface area (TPSA) is 58.6 Å². The van der Waals surface area contributed by atoms with Crippen molar-refractivity contribution >= 4 is 15.9 Å². The van der Waals surface area contributed by atoms with E-state index >= 15 is 0 Å². The van der Waals surface area contributed by atoms with E-state index in [9.17, 15) is 4.79 Å². The van der Waals surface area contributed by atoms with Crippen LogP contribution in [0.2, 0.25) is 0 Å². The molecule has 0 aromatic carbocycles. The lowest BCUT2D eigenvalue weighted by atomic mass is 10.1. The van der Waals surface area contributed by atoms with E-state index in [2.05, 4.69) is 31.1 Å². The van der Waals surface area contributed by atoms with E-state index in [1.54, 1.807) is 12.3 Å². The highest BCUT2D eigenvalue weighted by Gasteiger charge is 2.06. The van der Waals surface area contributed by atoms with Crippen molar-refractivity contribution in [3.63, 3.8) is 0 Å².